The third kappa shape index (κ3) is 5.24. The molecule has 7 heteroatoms. The molecule has 2 unspecified atom stereocenters. The van der Waals surface area contributed by atoms with Crippen LogP contribution >= 0.6 is 24.0 Å². The van der Waals surface area contributed by atoms with Gasteiger partial charge in [0.1, 0.15) is 5.75 Å². The highest BCUT2D eigenvalue weighted by molar-refractivity contribution is 6.32. The van der Waals surface area contributed by atoms with E-state index >= 15 is 0 Å². The largest absolute Gasteiger partial charge is 0.495 e. The molecule has 1 saturated heterocycles. The van der Waals surface area contributed by atoms with Crippen LogP contribution in [0.5, 0.6) is 5.75 Å². The fourth-order valence-corrected chi connectivity index (χ4v) is 3.30. The number of likely N-dealkylation sites (tertiary alicyclic amines) is 1. The van der Waals surface area contributed by atoms with Gasteiger partial charge in [-0.1, -0.05) is 18.5 Å². The lowest BCUT2D eigenvalue weighted by Crippen LogP contribution is -2.51. The van der Waals surface area contributed by atoms with Crippen LogP contribution < -0.4 is 15.8 Å². The number of benzene rings is 1. The van der Waals surface area contributed by atoms with Gasteiger partial charge in [-0.3, -0.25) is 9.69 Å². The SMILES string of the molecule is COc1ccc(NC(=O)CN2CCCC(C)C2CN)cc1Cl.Cl. The summed E-state index contributed by atoms with van der Waals surface area (Å²) < 4.78 is 5.10. The van der Waals surface area contributed by atoms with E-state index in [2.05, 4.69) is 17.1 Å². The van der Waals surface area contributed by atoms with Gasteiger partial charge in [0, 0.05) is 18.3 Å². The second-order valence-electron chi connectivity index (χ2n) is 5.79. The van der Waals surface area contributed by atoms with Crippen LogP contribution in [0.4, 0.5) is 5.69 Å². The third-order valence-electron chi connectivity index (χ3n) is 4.25. The minimum Gasteiger partial charge on any atom is -0.495 e. The van der Waals surface area contributed by atoms with Crippen LogP contribution in [-0.4, -0.2) is 43.6 Å². The number of carbonyl (C=O) groups excluding carboxylic acids is 1. The summed E-state index contributed by atoms with van der Waals surface area (Å²) in [6, 6.07) is 5.49. The monoisotopic (exact) mass is 361 g/mol. The van der Waals surface area contributed by atoms with E-state index in [4.69, 9.17) is 22.1 Å². The van der Waals surface area contributed by atoms with E-state index in [-0.39, 0.29) is 24.4 Å². The molecular formula is C16H25Cl2N3O2. The first-order valence-electron chi connectivity index (χ1n) is 7.62. The van der Waals surface area contributed by atoms with Crippen molar-refractivity contribution in [2.24, 2.45) is 11.7 Å². The van der Waals surface area contributed by atoms with Gasteiger partial charge in [0.15, 0.2) is 0 Å². The van der Waals surface area contributed by atoms with Crippen LogP contribution in [0.25, 0.3) is 0 Å². The van der Waals surface area contributed by atoms with Gasteiger partial charge in [0.2, 0.25) is 5.91 Å². The summed E-state index contributed by atoms with van der Waals surface area (Å²) in [6.07, 6.45) is 2.29. The number of hydrogen-bond donors (Lipinski definition) is 2. The molecule has 1 aromatic rings. The van der Waals surface area contributed by atoms with Crippen molar-refractivity contribution in [2.75, 3.05) is 32.1 Å². The molecule has 1 aromatic carbocycles. The normalized spacial score (nSPS) is 21.4. The Kier molecular flexibility index (Phi) is 8.12. The fraction of sp³-hybridized carbons (Fsp3) is 0.562. The zero-order valence-corrected chi connectivity index (χ0v) is 15.1. The summed E-state index contributed by atoms with van der Waals surface area (Å²) in [4.78, 5) is 14.4. The van der Waals surface area contributed by atoms with Gasteiger partial charge in [-0.15, -0.1) is 12.4 Å². The third-order valence-corrected chi connectivity index (χ3v) is 4.55. The van der Waals surface area contributed by atoms with Gasteiger partial charge in [-0.2, -0.15) is 0 Å². The number of carbonyl (C=O) groups is 1. The molecule has 1 fully saturated rings. The minimum absolute atomic E-state index is 0. The van der Waals surface area contributed by atoms with E-state index in [0.717, 1.165) is 13.0 Å². The lowest BCUT2D eigenvalue weighted by Gasteiger charge is -2.38. The second kappa shape index (κ2) is 9.33. The predicted molar refractivity (Wildman–Crippen MR) is 96.7 cm³/mol. The number of amides is 1. The number of nitrogens with two attached hydrogens (primary N) is 1. The highest BCUT2D eigenvalue weighted by Gasteiger charge is 2.28. The summed E-state index contributed by atoms with van der Waals surface area (Å²) in [5.74, 6) is 1.07. The van der Waals surface area contributed by atoms with E-state index in [1.54, 1.807) is 25.3 Å². The Labute approximate surface area is 148 Å². The number of rotatable bonds is 5. The van der Waals surface area contributed by atoms with E-state index in [0.29, 0.717) is 35.5 Å². The Hall–Kier alpha value is -1.01. The van der Waals surface area contributed by atoms with Crippen LogP contribution in [0.15, 0.2) is 18.2 Å². The van der Waals surface area contributed by atoms with E-state index < -0.39 is 0 Å². The summed E-state index contributed by atoms with van der Waals surface area (Å²) in [5, 5.41) is 3.36. The van der Waals surface area contributed by atoms with Crippen molar-refractivity contribution in [2.45, 2.75) is 25.8 Å². The van der Waals surface area contributed by atoms with Crippen molar-refractivity contribution in [1.82, 2.24) is 4.90 Å². The van der Waals surface area contributed by atoms with Gasteiger partial charge in [0.25, 0.3) is 0 Å². The molecule has 1 aliphatic heterocycles. The summed E-state index contributed by atoms with van der Waals surface area (Å²) in [6.45, 7) is 4.06. The van der Waals surface area contributed by atoms with Gasteiger partial charge < -0.3 is 15.8 Å². The Bertz CT molecular complexity index is 528. The number of ether oxygens (including phenoxy) is 1. The molecule has 130 valence electrons. The summed E-state index contributed by atoms with van der Waals surface area (Å²) in [5.41, 5.74) is 6.53. The molecule has 0 saturated carbocycles. The average molecular weight is 362 g/mol. The lowest BCUT2D eigenvalue weighted by atomic mass is 9.91. The van der Waals surface area contributed by atoms with Gasteiger partial charge in [-0.25, -0.2) is 0 Å². The van der Waals surface area contributed by atoms with E-state index in [1.165, 1.54) is 6.42 Å². The first-order valence-corrected chi connectivity index (χ1v) is 8.00. The maximum Gasteiger partial charge on any atom is 0.238 e. The molecule has 0 radical (unpaired) electrons. The molecule has 2 atom stereocenters. The molecule has 0 bridgehead atoms. The molecule has 5 nitrogen and oxygen atoms in total. The Morgan fingerprint density at radius 2 is 2.26 bits per heavy atom. The van der Waals surface area contributed by atoms with Gasteiger partial charge in [0.05, 0.1) is 18.7 Å². The molecule has 23 heavy (non-hydrogen) atoms. The number of hydrogen-bond acceptors (Lipinski definition) is 4. The number of nitrogens with zero attached hydrogens (tertiary/aromatic N) is 1. The van der Waals surface area contributed by atoms with Crippen LogP contribution in [0.2, 0.25) is 5.02 Å². The quantitative estimate of drug-likeness (QED) is 0.845. The van der Waals surface area contributed by atoms with Crippen molar-refractivity contribution >= 4 is 35.6 Å². The van der Waals surface area contributed by atoms with Crippen LogP contribution in [-0.2, 0) is 4.79 Å². The standard InChI is InChI=1S/C16H24ClN3O2.ClH/c1-11-4-3-7-20(14(11)9-18)10-16(21)19-12-5-6-15(22-2)13(17)8-12;/h5-6,8,11,14H,3-4,7,9-10,18H2,1-2H3,(H,19,21);1H. The number of halogens is 2. The summed E-state index contributed by atoms with van der Waals surface area (Å²) >= 11 is 6.07. The molecule has 0 spiro atoms. The molecule has 2 rings (SSSR count). The number of nitrogens with one attached hydrogen (secondary N) is 1. The Morgan fingerprint density at radius 1 is 1.52 bits per heavy atom. The molecule has 1 heterocycles. The van der Waals surface area contributed by atoms with Gasteiger partial charge in [-0.05, 0) is 43.5 Å². The minimum atomic E-state index is -0.0474. The number of piperidine rings is 1. The molecule has 1 amide bonds. The molecule has 1 aliphatic rings. The average Bonchev–Trinajstić information content (AvgIpc) is 2.47. The Balaban J connectivity index is 0.00000264. The van der Waals surface area contributed by atoms with E-state index in [9.17, 15) is 4.79 Å². The molecule has 0 aromatic heterocycles. The zero-order chi connectivity index (χ0) is 16.1. The predicted octanol–water partition coefficient (Wildman–Crippen LogP) is 2.77. The lowest BCUT2D eigenvalue weighted by molar-refractivity contribution is -0.118. The molecule has 0 aliphatic carbocycles. The topological polar surface area (TPSA) is 67.6 Å². The highest BCUT2D eigenvalue weighted by Crippen LogP contribution is 2.27. The maximum atomic E-state index is 12.2. The van der Waals surface area contributed by atoms with Crippen molar-refractivity contribution in [3.63, 3.8) is 0 Å². The first kappa shape index (κ1) is 20.0. The van der Waals surface area contributed by atoms with Crippen molar-refractivity contribution < 1.29 is 9.53 Å². The number of methoxy groups -OCH3 is 1. The zero-order valence-electron chi connectivity index (χ0n) is 13.5. The second-order valence-corrected chi connectivity index (χ2v) is 6.20. The smallest absolute Gasteiger partial charge is 0.238 e. The first-order chi connectivity index (χ1) is 10.5. The fourth-order valence-electron chi connectivity index (χ4n) is 3.04. The van der Waals surface area contributed by atoms with Gasteiger partial charge >= 0.3 is 0 Å². The van der Waals surface area contributed by atoms with Crippen LogP contribution in [0, 0.1) is 5.92 Å². The number of anilines is 1. The van der Waals surface area contributed by atoms with Crippen molar-refractivity contribution in [3.05, 3.63) is 23.2 Å². The maximum absolute atomic E-state index is 12.2. The van der Waals surface area contributed by atoms with Crippen molar-refractivity contribution in [3.8, 4) is 5.75 Å². The molecular weight excluding hydrogens is 337 g/mol. The highest BCUT2D eigenvalue weighted by atomic mass is 35.5. The van der Waals surface area contributed by atoms with Crippen LogP contribution in [0.1, 0.15) is 19.8 Å². The van der Waals surface area contributed by atoms with Crippen LogP contribution in [0.3, 0.4) is 0 Å². The van der Waals surface area contributed by atoms with E-state index in [1.807, 2.05) is 0 Å². The summed E-state index contributed by atoms with van der Waals surface area (Å²) in [7, 11) is 1.56. The Morgan fingerprint density at radius 3 is 2.87 bits per heavy atom. The molecule has 3 N–H and O–H groups in total. The van der Waals surface area contributed by atoms with Crippen molar-refractivity contribution in [1.29, 1.82) is 0 Å².